The third-order valence-electron chi connectivity index (χ3n) is 14.9. The summed E-state index contributed by atoms with van der Waals surface area (Å²) >= 11 is 0. The molecule has 5 unspecified atom stereocenters. The molecule has 0 N–H and O–H groups in total. The molecule has 0 saturated heterocycles. The van der Waals surface area contributed by atoms with Gasteiger partial charge < -0.3 is 0 Å². The molecule has 0 amide bonds. The van der Waals surface area contributed by atoms with Crippen LogP contribution in [0.25, 0.3) is 43.1 Å². The Morgan fingerprint density at radius 2 is 0.836 bits per heavy atom. The lowest BCUT2D eigenvalue weighted by atomic mass is 9.66. The van der Waals surface area contributed by atoms with Crippen molar-refractivity contribution in [1.82, 2.24) is 0 Å². The molecule has 326 valence electrons. The van der Waals surface area contributed by atoms with Gasteiger partial charge in [0.1, 0.15) is 0 Å². The quantitative estimate of drug-likeness (QED) is 0.122. The van der Waals surface area contributed by atoms with Crippen LogP contribution in [0.2, 0.25) is 0 Å². The van der Waals surface area contributed by atoms with E-state index >= 15 is 0 Å². The lowest BCUT2D eigenvalue weighted by molar-refractivity contribution is 0.0732. The third kappa shape index (κ3) is 7.06. The topological polar surface area (TPSA) is 68.3 Å². The maximum atomic E-state index is 14.1. The first-order chi connectivity index (χ1) is 32.4. The largest absolute Gasteiger partial charge is 0.294 e. The molecule has 8 aromatic rings. The van der Waals surface area contributed by atoms with Crippen LogP contribution in [-0.4, -0.2) is 23.1 Å². The minimum absolute atomic E-state index is 0.0295. The van der Waals surface area contributed by atoms with Crippen molar-refractivity contribution in [1.29, 1.82) is 0 Å². The maximum Gasteiger partial charge on any atom is 0.186 e. The van der Waals surface area contributed by atoms with Gasteiger partial charge in [-0.3, -0.25) is 19.2 Å². The Kier molecular flexibility index (Phi) is 10.3. The van der Waals surface area contributed by atoms with Crippen molar-refractivity contribution in [3.63, 3.8) is 0 Å². The Hall–Kier alpha value is -7.56. The molecule has 2 bridgehead atoms. The maximum absolute atomic E-state index is 14.1. The van der Waals surface area contributed by atoms with E-state index in [2.05, 4.69) is 119 Å². The lowest BCUT2D eigenvalue weighted by Crippen LogP contribution is -2.38. The highest BCUT2D eigenvalue weighted by molar-refractivity contribution is 6.24. The van der Waals surface area contributed by atoms with Crippen molar-refractivity contribution in [2.45, 2.75) is 58.8 Å². The van der Waals surface area contributed by atoms with Gasteiger partial charge in [-0.2, -0.15) is 0 Å². The zero-order valence-corrected chi connectivity index (χ0v) is 38.4. The van der Waals surface area contributed by atoms with Gasteiger partial charge in [-0.05, 0) is 166 Å². The van der Waals surface area contributed by atoms with Crippen LogP contribution in [0.5, 0.6) is 0 Å². The molecular weight excluding hydrogens is 821 g/mol. The predicted molar refractivity (Wildman–Crippen MR) is 273 cm³/mol. The zero-order valence-electron chi connectivity index (χ0n) is 38.4. The summed E-state index contributed by atoms with van der Waals surface area (Å²) < 4.78 is 0. The van der Waals surface area contributed by atoms with Crippen LogP contribution in [0.4, 0.5) is 0 Å². The molecule has 13 rings (SSSR count). The minimum atomic E-state index is -0.364. The van der Waals surface area contributed by atoms with Crippen molar-refractivity contribution >= 4 is 66.2 Å². The van der Waals surface area contributed by atoms with Crippen molar-refractivity contribution in [2.24, 2.45) is 11.8 Å². The fourth-order valence-electron chi connectivity index (χ4n) is 11.6. The SMILES string of the molecule is CC(C)=C1C2C=CC1c1ccccc12.CC(C)=C1Cc2ccccc2C1C1C(=O)c2cc3cc4ccccc4cc3cc2C(=O)C1C.O=C1C=CC(=O)c2cc3cc4ccccc4cc3cc21. The number of carbonyl (C=O) groups is 4. The molecule has 5 aliphatic rings. The highest BCUT2D eigenvalue weighted by Crippen LogP contribution is 2.54. The van der Waals surface area contributed by atoms with Crippen molar-refractivity contribution < 1.29 is 19.2 Å². The van der Waals surface area contributed by atoms with E-state index in [-0.39, 0.29) is 40.9 Å². The summed E-state index contributed by atoms with van der Waals surface area (Å²) in [7, 11) is 0. The number of hydrogen-bond acceptors (Lipinski definition) is 4. The zero-order chi connectivity index (χ0) is 46.2. The normalized spacial score (nSPS) is 20.6. The summed E-state index contributed by atoms with van der Waals surface area (Å²) in [6, 6.07) is 49.4. The van der Waals surface area contributed by atoms with Gasteiger partial charge in [0.25, 0.3) is 0 Å². The predicted octanol–water partition coefficient (Wildman–Crippen LogP) is 15.0. The molecule has 4 nitrogen and oxygen atoms in total. The van der Waals surface area contributed by atoms with Gasteiger partial charge in [-0.15, -0.1) is 0 Å². The monoisotopic (exact) mass is 870 g/mol. The Morgan fingerprint density at radius 3 is 1.28 bits per heavy atom. The molecule has 5 atom stereocenters. The number of fused-ring (bicyclic) bond motifs is 12. The van der Waals surface area contributed by atoms with Crippen molar-refractivity contribution in [2.75, 3.05) is 0 Å². The van der Waals surface area contributed by atoms with Gasteiger partial charge in [-0.1, -0.05) is 133 Å². The first-order valence-corrected chi connectivity index (χ1v) is 23.4. The lowest BCUT2D eigenvalue weighted by Gasteiger charge is -2.34. The average molecular weight is 871 g/mol. The minimum Gasteiger partial charge on any atom is -0.294 e. The number of Topliss-reactive ketones (excluding diaryl/α,β-unsaturated/α-hetero) is 2. The van der Waals surface area contributed by atoms with E-state index < -0.39 is 0 Å². The van der Waals surface area contributed by atoms with Crippen LogP contribution < -0.4 is 0 Å². The Balaban J connectivity index is 0.000000122. The van der Waals surface area contributed by atoms with Crippen LogP contribution in [0, 0.1) is 11.8 Å². The van der Waals surface area contributed by atoms with E-state index in [1.165, 1.54) is 51.1 Å². The number of rotatable bonds is 1. The summed E-state index contributed by atoms with van der Waals surface area (Å²) in [4.78, 5) is 51.5. The molecule has 0 radical (unpaired) electrons. The second kappa shape index (κ2) is 16.4. The molecule has 8 aromatic carbocycles. The first kappa shape index (κ1) is 42.1. The Morgan fingerprint density at radius 1 is 0.433 bits per heavy atom. The smallest absolute Gasteiger partial charge is 0.186 e. The first-order valence-electron chi connectivity index (χ1n) is 23.4. The molecule has 4 heteroatoms. The molecule has 0 saturated carbocycles. The number of ketones is 4. The molecule has 0 aliphatic heterocycles. The van der Waals surface area contributed by atoms with E-state index in [4.69, 9.17) is 0 Å². The number of allylic oxidation sites excluding steroid dienone is 8. The average Bonchev–Trinajstić information content (AvgIpc) is 4.05. The molecule has 0 aromatic heterocycles. The van der Waals surface area contributed by atoms with Crippen molar-refractivity contribution in [3.8, 4) is 0 Å². The summed E-state index contributed by atoms with van der Waals surface area (Å²) in [5, 5.41) is 8.53. The second-order valence-electron chi connectivity index (χ2n) is 19.3. The molecule has 67 heavy (non-hydrogen) atoms. The van der Waals surface area contributed by atoms with Gasteiger partial charge in [0.15, 0.2) is 23.1 Å². The third-order valence-corrected chi connectivity index (χ3v) is 14.9. The Bertz CT molecular complexity index is 3490. The van der Waals surface area contributed by atoms with E-state index in [0.717, 1.165) is 49.5 Å². The second-order valence-corrected chi connectivity index (χ2v) is 19.3. The fourth-order valence-corrected chi connectivity index (χ4v) is 11.6. The summed E-state index contributed by atoms with van der Waals surface area (Å²) in [6.45, 7) is 10.7. The van der Waals surface area contributed by atoms with Crippen LogP contribution in [-0.2, 0) is 6.42 Å². The van der Waals surface area contributed by atoms with Gasteiger partial charge in [-0.25, -0.2) is 0 Å². The van der Waals surface area contributed by atoms with E-state index in [1.54, 1.807) is 5.57 Å². The van der Waals surface area contributed by atoms with E-state index in [1.807, 2.05) is 73.7 Å². The molecule has 0 fully saturated rings. The van der Waals surface area contributed by atoms with E-state index in [9.17, 15) is 19.2 Å². The van der Waals surface area contributed by atoms with Gasteiger partial charge >= 0.3 is 0 Å². The summed E-state index contributed by atoms with van der Waals surface area (Å²) in [6.07, 6.45) is 8.27. The molecule has 0 heterocycles. The summed E-state index contributed by atoms with van der Waals surface area (Å²) in [5.41, 5.74) is 13.4. The molecule has 0 spiro atoms. The molecular formula is C63H50O4. The molecule has 5 aliphatic carbocycles. The fraction of sp³-hybridized carbons (Fsp3) is 0.175. The van der Waals surface area contributed by atoms with E-state index in [0.29, 0.717) is 34.1 Å². The van der Waals surface area contributed by atoms with Gasteiger partial charge in [0.05, 0.1) is 0 Å². The standard InChI is InChI=1S/C31H26O2.C18H10O2.C14H14/c1-17(2)25-14-21-10-6-7-11-24(21)29(25)28-18(3)30(32)26-15-22-12-19-8-4-5-9-20(19)13-23(22)16-27(26)31(28)33;19-17-5-6-18(20)16-10-14-8-12-4-2-1-3-11(12)7-13(14)9-15(16)17;1-9(2)14-12-7-8-13(14)11-6-4-3-5-10(11)12/h4-13,15-16,18,28-29H,14H2,1-3H3;1-10H;3-8,12-13H,1-2H3. The van der Waals surface area contributed by atoms with Gasteiger partial charge in [0, 0.05) is 51.8 Å². The van der Waals surface area contributed by atoms with Crippen molar-refractivity contribution in [3.05, 3.63) is 237 Å². The van der Waals surface area contributed by atoms with Crippen LogP contribution in [0.15, 0.2) is 192 Å². The number of carbonyl (C=O) groups excluding carboxylic acids is 4. The van der Waals surface area contributed by atoms with Gasteiger partial charge in [0.2, 0.25) is 0 Å². The number of benzene rings is 8. The Labute approximate surface area is 391 Å². The highest BCUT2D eigenvalue weighted by atomic mass is 16.1. The summed E-state index contributed by atoms with van der Waals surface area (Å²) in [5.74, 6) is 0.407. The highest BCUT2D eigenvalue weighted by Gasteiger charge is 2.47. The van der Waals surface area contributed by atoms with Crippen LogP contribution in [0.1, 0.15) is 116 Å². The number of hydrogen-bond donors (Lipinski definition) is 0. The van der Waals surface area contributed by atoms with Crippen LogP contribution >= 0.6 is 0 Å². The van der Waals surface area contributed by atoms with Crippen LogP contribution in [0.3, 0.4) is 0 Å².